The fraction of sp³-hybridized carbons (Fsp3) is 1.00. The fourth-order valence-corrected chi connectivity index (χ4v) is 3.70. The van der Waals surface area contributed by atoms with Crippen LogP contribution in [0.15, 0.2) is 0 Å². The molecule has 0 bridgehead atoms. The molecule has 0 rings (SSSR count). The van der Waals surface area contributed by atoms with Gasteiger partial charge in [0.05, 0.1) is 0 Å². The largest absolute Gasteiger partial charge is 0.146 e. The monoisotopic (exact) mass is 322 g/mol. The van der Waals surface area contributed by atoms with Crippen LogP contribution >= 0.6 is 0 Å². The minimum Gasteiger partial charge on any atom is -0.0737 e. The first kappa shape index (κ1) is 23.1. The third-order valence-electron chi connectivity index (χ3n) is 6.35. The minimum absolute atomic E-state index is 0.507. The number of hydrogen-bond acceptors (Lipinski definition) is 0. The molecule has 0 atom stereocenters. The van der Waals surface area contributed by atoms with Gasteiger partial charge in [-0.3, -0.25) is 0 Å². The molecule has 0 N–H and O–H groups in total. The molecule has 0 fully saturated rings. The zero-order valence-corrected chi connectivity index (χ0v) is 17.6. The summed E-state index contributed by atoms with van der Waals surface area (Å²) in [5, 5.41) is 0.507. The molecule has 0 aliphatic heterocycles. The van der Waals surface area contributed by atoms with Gasteiger partial charge in [0, 0.05) is 0 Å². The molecule has 0 aromatic carbocycles. The minimum atomic E-state index is 0.507. The highest BCUT2D eigenvalue weighted by molar-refractivity contribution is 6.62. The average molecular weight is 322 g/mol. The Morgan fingerprint density at radius 1 is 0.609 bits per heavy atom. The third kappa shape index (κ3) is 11.3. The van der Waals surface area contributed by atoms with E-state index in [1.165, 1.54) is 89.7 Å². The van der Waals surface area contributed by atoms with Gasteiger partial charge >= 0.3 is 0 Å². The van der Waals surface area contributed by atoms with Gasteiger partial charge in [-0.25, -0.2) is 0 Å². The zero-order valence-electron chi connectivity index (χ0n) is 17.6. The molecule has 0 amide bonds. The number of unbranched alkanes of at least 4 members (excludes halogenated alkanes) is 10. The molecule has 1 heteroatoms. The highest BCUT2D eigenvalue weighted by Gasteiger charge is 2.34. The first-order valence-electron chi connectivity index (χ1n) is 11.0. The molecule has 23 heavy (non-hydrogen) atoms. The van der Waals surface area contributed by atoms with Gasteiger partial charge in [0.15, 0.2) is 0 Å². The maximum atomic E-state index is 2.52. The summed E-state index contributed by atoms with van der Waals surface area (Å²) in [6.07, 6.45) is 20.2. The predicted molar refractivity (Wildman–Crippen MR) is 111 cm³/mol. The Morgan fingerprint density at radius 2 is 0.957 bits per heavy atom. The zero-order chi connectivity index (χ0) is 17.6. The standard InChI is InChI=1S/C22H47B/c1-7-9-11-13-15-17-19-23(22(5,6)21(3)4)20-18-16-14-12-10-8-2/h21H,7-20H2,1-6H3. The Morgan fingerprint density at radius 3 is 1.30 bits per heavy atom. The molecule has 0 heterocycles. The van der Waals surface area contributed by atoms with Crippen LogP contribution in [0.1, 0.15) is 119 Å². The van der Waals surface area contributed by atoms with Crippen molar-refractivity contribution in [1.29, 1.82) is 0 Å². The second kappa shape index (κ2) is 14.4. The van der Waals surface area contributed by atoms with Gasteiger partial charge in [-0.15, -0.1) is 0 Å². The van der Waals surface area contributed by atoms with E-state index in [0.29, 0.717) is 5.31 Å². The summed E-state index contributed by atoms with van der Waals surface area (Å²) in [4.78, 5) is 0. The van der Waals surface area contributed by atoms with E-state index in [9.17, 15) is 0 Å². The lowest BCUT2D eigenvalue weighted by atomic mass is 9.28. The van der Waals surface area contributed by atoms with E-state index in [4.69, 9.17) is 0 Å². The van der Waals surface area contributed by atoms with Crippen LogP contribution in [0.5, 0.6) is 0 Å². The molecular formula is C22H47B. The third-order valence-corrected chi connectivity index (χ3v) is 6.35. The summed E-state index contributed by atoms with van der Waals surface area (Å²) in [6, 6.07) is 0. The van der Waals surface area contributed by atoms with Crippen molar-refractivity contribution in [3.8, 4) is 0 Å². The number of rotatable bonds is 16. The molecular weight excluding hydrogens is 275 g/mol. The summed E-state index contributed by atoms with van der Waals surface area (Å²) >= 11 is 0. The van der Waals surface area contributed by atoms with Gasteiger partial charge in [0.2, 0.25) is 0 Å². The van der Waals surface area contributed by atoms with Crippen LogP contribution in [0, 0.1) is 5.92 Å². The normalized spacial score (nSPS) is 12.1. The Balaban J connectivity index is 4.10. The fourth-order valence-electron chi connectivity index (χ4n) is 3.70. The molecule has 0 unspecified atom stereocenters. The summed E-state index contributed by atoms with van der Waals surface area (Å²) in [5.74, 6) is 0.799. The van der Waals surface area contributed by atoms with E-state index >= 15 is 0 Å². The number of hydrogen-bond donors (Lipinski definition) is 0. The lowest BCUT2D eigenvalue weighted by molar-refractivity contribution is 0.459. The summed E-state index contributed by atoms with van der Waals surface area (Å²) in [5.41, 5.74) is 0. The van der Waals surface area contributed by atoms with Crippen molar-refractivity contribution in [3.63, 3.8) is 0 Å². The molecule has 0 aromatic heterocycles. The van der Waals surface area contributed by atoms with Crippen LogP contribution in [0.3, 0.4) is 0 Å². The highest BCUT2D eigenvalue weighted by atomic mass is 14.2. The molecule has 138 valence electrons. The molecule has 0 saturated heterocycles. The Bertz CT molecular complexity index is 228. The summed E-state index contributed by atoms with van der Waals surface area (Å²) in [6.45, 7) is 15.4. The SMILES string of the molecule is CCCCCCCCB(CCCCCCCC)C(C)(C)C(C)C. The lowest BCUT2D eigenvalue weighted by Gasteiger charge is -2.36. The van der Waals surface area contributed by atoms with Crippen molar-refractivity contribution in [2.75, 3.05) is 0 Å². The first-order chi connectivity index (χ1) is 11.0. The molecule has 0 radical (unpaired) electrons. The van der Waals surface area contributed by atoms with E-state index in [1.807, 2.05) is 0 Å². The second-order valence-corrected chi connectivity index (χ2v) is 8.79. The van der Waals surface area contributed by atoms with E-state index < -0.39 is 0 Å². The first-order valence-corrected chi connectivity index (χ1v) is 11.0. The van der Waals surface area contributed by atoms with Gasteiger partial charge in [0.25, 0.3) is 0 Å². The van der Waals surface area contributed by atoms with E-state index in [-0.39, 0.29) is 0 Å². The quantitative estimate of drug-likeness (QED) is 0.197. The molecule has 0 nitrogen and oxygen atoms in total. The molecule has 0 aromatic rings. The Kier molecular flexibility index (Phi) is 14.5. The van der Waals surface area contributed by atoms with Crippen LogP contribution in [-0.2, 0) is 0 Å². The molecule has 0 saturated carbocycles. The van der Waals surface area contributed by atoms with E-state index in [2.05, 4.69) is 41.5 Å². The topological polar surface area (TPSA) is 0 Å². The molecule has 0 spiro atoms. The van der Waals surface area contributed by atoms with Crippen molar-refractivity contribution in [3.05, 3.63) is 0 Å². The highest BCUT2D eigenvalue weighted by Crippen LogP contribution is 2.42. The molecule has 0 aliphatic carbocycles. The van der Waals surface area contributed by atoms with Gasteiger partial charge in [-0.1, -0.05) is 137 Å². The van der Waals surface area contributed by atoms with Crippen LogP contribution in [0.2, 0.25) is 18.0 Å². The van der Waals surface area contributed by atoms with Crippen LogP contribution < -0.4 is 0 Å². The van der Waals surface area contributed by atoms with Gasteiger partial charge in [0.1, 0.15) is 6.71 Å². The maximum absolute atomic E-state index is 2.52. The molecule has 0 aliphatic rings. The van der Waals surface area contributed by atoms with Gasteiger partial charge in [-0.05, 0) is 5.92 Å². The van der Waals surface area contributed by atoms with Crippen molar-refractivity contribution in [2.24, 2.45) is 5.92 Å². The maximum Gasteiger partial charge on any atom is 0.146 e. The van der Waals surface area contributed by atoms with Crippen molar-refractivity contribution in [1.82, 2.24) is 0 Å². The van der Waals surface area contributed by atoms with E-state index in [0.717, 1.165) is 12.6 Å². The second-order valence-electron chi connectivity index (χ2n) is 8.79. The van der Waals surface area contributed by atoms with Crippen molar-refractivity contribution >= 4 is 6.71 Å². The van der Waals surface area contributed by atoms with Crippen molar-refractivity contribution in [2.45, 2.75) is 137 Å². The lowest BCUT2D eigenvalue weighted by Crippen LogP contribution is -2.32. The summed E-state index contributed by atoms with van der Waals surface area (Å²) < 4.78 is 0. The van der Waals surface area contributed by atoms with Gasteiger partial charge < -0.3 is 0 Å². The van der Waals surface area contributed by atoms with Crippen LogP contribution in [0.4, 0.5) is 0 Å². The van der Waals surface area contributed by atoms with Crippen LogP contribution in [0.25, 0.3) is 0 Å². The van der Waals surface area contributed by atoms with Crippen LogP contribution in [-0.4, -0.2) is 6.71 Å². The average Bonchev–Trinajstić information content (AvgIpc) is 2.51. The summed E-state index contributed by atoms with van der Waals surface area (Å²) in [7, 11) is 0. The Labute approximate surface area is 149 Å². The Hall–Kier alpha value is 0.0649. The van der Waals surface area contributed by atoms with Crippen molar-refractivity contribution < 1.29 is 0 Å². The van der Waals surface area contributed by atoms with Gasteiger partial charge in [-0.2, -0.15) is 0 Å². The smallest absolute Gasteiger partial charge is 0.0737 e. The van der Waals surface area contributed by atoms with E-state index in [1.54, 1.807) is 0 Å². The predicted octanol–water partition coefficient (Wildman–Crippen LogP) is 8.64.